The van der Waals surface area contributed by atoms with Crippen molar-refractivity contribution in [3.63, 3.8) is 0 Å². The summed E-state index contributed by atoms with van der Waals surface area (Å²) in [4.78, 5) is 11.2. The van der Waals surface area contributed by atoms with Crippen LogP contribution in [-0.4, -0.2) is 34.7 Å². The third kappa shape index (κ3) is 3.22. The Morgan fingerprint density at radius 3 is 2.22 bits per heavy atom. The molecule has 0 atom stereocenters. The lowest BCUT2D eigenvalue weighted by molar-refractivity contribution is -0.116. The molecule has 0 saturated carbocycles. The molecular weight excluding hydrogens is 256 g/mol. The van der Waals surface area contributed by atoms with Gasteiger partial charge in [-0.2, -0.15) is 0 Å². The number of rotatable bonds is 5. The SMILES string of the molecule is COc1cc(CC(C)=O)c(OC)c(S(C)(=O)=O)c1. The third-order valence-electron chi connectivity index (χ3n) is 2.38. The highest BCUT2D eigenvalue weighted by atomic mass is 32.2. The van der Waals surface area contributed by atoms with Crippen molar-refractivity contribution in [1.82, 2.24) is 0 Å². The van der Waals surface area contributed by atoms with Gasteiger partial charge in [0.2, 0.25) is 0 Å². The first-order chi connectivity index (χ1) is 8.29. The van der Waals surface area contributed by atoms with Gasteiger partial charge in [0.25, 0.3) is 0 Å². The second-order valence-corrected chi connectivity index (χ2v) is 5.95. The van der Waals surface area contributed by atoms with Gasteiger partial charge in [-0.25, -0.2) is 8.42 Å². The predicted molar refractivity (Wildman–Crippen MR) is 67.0 cm³/mol. The summed E-state index contributed by atoms with van der Waals surface area (Å²) in [6, 6.07) is 2.99. The average Bonchev–Trinajstić information content (AvgIpc) is 2.25. The number of Topliss-reactive ketones (excluding diaryl/α,β-unsaturated/α-hetero) is 1. The van der Waals surface area contributed by atoms with Gasteiger partial charge >= 0.3 is 0 Å². The van der Waals surface area contributed by atoms with E-state index in [1.165, 1.54) is 27.2 Å². The zero-order valence-electron chi connectivity index (χ0n) is 10.8. The Hall–Kier alpha value is -1.56. The second kappa shape index (κ2) is 5.39. The van der Waals surface area contributed by atoms with Crippen LogP contribution in [0.1, 0.15) is 12.5 Å². The Balaban J connectivity index is 3.54. The van der Waals surface area contributed by atoms with Crippen LogP contribution in [0.5, 0.6) is 11.5 Å². The van der Waals surface area contributed by atoms with Crippen molar-refractivity contribution in [3.05, 3.63) is 17.7 Å². The molecule has 0 fully saturated rings. The number of sulfone groups is 1. The third-order valence-corrected chi connectivity index (χ3v) is 3.49. The lowest BCUT2D eigenvalue weighted by atomic mass is 10.1. The van der Waals surface area contributed by atoms with E-state index in [0.29, 0.717) is 11.3 Å². The van der Waals surface area contributed by atoms with E-state index < -0.39 is 9.84 Å². The van der Waals surface area contributed by atoms with Crippen molar-refractivity contribution in [2.24, 2.45) is 0 Å². The zero-order chi connectivity index (χ0) is 13.9. The molecule has 6 heteroatoms. The second-order valence-electron chi connectivity index (χ2n) is 3.97. The van der Waals surface area contributed by atoms with Gasteiger partial charge < -0.3 is 9.47 Å². The first-order valence-corrected chi connectivity index (χ1v) is 7.13. The molecule has 18 heavy (non-hydrogen) atoms. The van der Waals surface area contributed by atoms with Crippen molar-refractivity contribution in [2.45, 2.75) is 18.2 Å². The van der Waals surface area contributed by atoms with E-state index in [9.17, 15) is 13.2 Å². The minimum atomic E-state index is -3.45. The molecule has 1 aromatic rings. The maximum Gasteiger partial charge on any atom is 0.179 e. The molecule has 0 unspecified atom stereocenters. The molecule has 0 bridgehead atoms. The molecule has 0 spiro atoms. The van der Waals surface area contributed by atoms with Crippen LogP contribution in [-0.2, 0) is 21.1 Å². The fraction of sp³-hybridized carbons (Fsp3) is 0.417. The smallest absolute Gasteiger partial charge is 0.179 e. The van der Waals surface area contributed by atoms with E-state index in [-0.39, 0.29) is 22.8 Å². The van der Waals surface area contributed by atoms with Crippen LogP contribution >= 0.6 is 0 Å². The van der Waals surface area contributed by atoms with Crippen molar-refractivity contribution in [2.75, 3.05) is 20.5 Å². The normalized spacial score (nSPS) is 11.1. The van der Waals surface area contributed by atoms with Gasteiger partial charge in [-0.05, 0) is 13.0 Å². The van der Waals surface area contributed by atoms with Crippen LogP contribution in [0.3, 0.4) is 0 Å². The molecule has 0 aliphatic rings. The lowest BCUT2D eigenvalue weighted by Gasteiger charge is -2.13. The molecular formula is C12H16O5S. The average molecular weight is 272 g/mol. The molecule has 100 valence electrons. The minimum Gasteiger partial charge on any atom is -0.497 e. The first kappa shape index (κ1) is 14.5. The number of methoxy groups -OCH3 is 2. The number of benzene rings is 1. The summed E-state index contributed by atoms with van der Waals surface area (Å²) in [5.74, 6) is 0.502. The van der Waals surface area contributed by atoms with E-state index in [0.717, 1.165) is 6.26 Å². The van der Waals surface area contributed by atoms with Gasteiger partial charge in [-0.15, -0.1) is 0 Å². The van der Waals surface area contributed by atoms with Gasteiger partial charge in [-0.3, -0.25) is 4.79 Å². The maximum absolute atomic E-state index is 11.7. The molecule has 0 N–H and O–H groups in total. The summed E-state index contributed by atoms with van der Waals surface area (Å²) in [5, 5.41) is 0. The lowest BCUT2D eigenvalue weighted by Crippen LogP contribution is -2.07. The standard InChI is InChI=1S/C12H16O5S/c1-8(13)5-9-6-10(16-2)7-11(12(9)17-3)18(4,14)15/h6-7H,5H2,1-4H3. The monoisotopic (exact) mass is 272 g/mol. The number of carbonyl (C=O) groups excluding carboxylic acids is 1. The summed E-state index contributed by atoms with van der Waals surface area (Å²) in [7, 11) is -0.642. The number of hydrogen-bond acceptors (Lipinski definition) is 5. The number of ketones is 1. The van der Waals surface area contributed by atoms with Gasteiger partial charge in [0.1, 0.15) is 22.2 Å². The fourth-order valence-electron chi connectivity index (χ4n) is 1.66. The topological polar surface area (TPSA) is 69.7 Å². The maximum atomic E-state index is 11.7. The van der Waals surface area contributed by atoms with Gasteiger partial charge in [0.15, 0.2) is 9.84 Å². The Bertz CT molecular complexity index is 560. The highest BCUT2D eigenvalue weighted by molar-refractivity contribution is 7.90. The van der Waals surface area contributed by atoms with Crippen LogP contribution in [0, 0.1) is 0 Å². The van der Waals surface area contributed by atoms with Crippen LogP contribution in [0.2, 0.25) is 0 Å². The molecule has 0 saturated heterocycles. The minimum absolute atomic E-state index is 0.0283. The molecule has 0 aliphatic heterocycles. The van der Waals surface area contributed by atoms with Crippen LogP contribution in [0.15, 0.2) is 17.0 Å². The van der Waals surface area contributed by atoms with Crippen molar-refractivity contribution in [3.8, 4) is 11.5 Å². The van der Waals surface area contributed by atoms with E-state index in [4.69, 9.17) is 9.47 Å². The van der Waals surface area contributed by atoms with Crippen LogP contribution < -0.4 is 9.47 Å². The molecule has 0 aliphatic carbocycles. The molecule has 0 amide bonds. The molecule has 5 nitrogen and oxygen atoms in total. The summed E-state index contributed by atoms with van der Waals surface area (Å²) in [5.41, 5.74) is 0.504. The highest BCUT2D eigenvalue weighted by Gasteiger charge is 2.20. The van der Waals surface area contributed by atoms with E-state index in [1.807, 2.05) is 0 Å². The summed E-state index contributed by atoms with van der Waals surface area (Å²) < 4.78 is 33.6. The first-order valence-electron chi connectivity index (χ1n) is 5.24. The number of hydrogen-bond donors (Lipinski definition) is 0. The highest BCUT2D eigenvalue weighted by Crippen LogP contribution is 2.33. The fourth-order valence-corrected chi connectivity index (χ4v) is 2.54. The molecule has 0 heterocycles. The van der Waals surface area contributed by atoms with Gasteiger partial charge in [0.05, 0.1) is 14.2 Å². The van der Waals surface area contributed by atoms with E-state index >= 15 is 0 Å². The Kier molecular flexibility index (Phi) is 4.34. The molecule has 1 aromatic carbocycles. The Labute approximate surface area is 107 Å². The van der Waals surface area contributed by atoms with Crippen molar-refractivity contribution >= 4 is 15.6 Å². The number of ether oxygens (including phenoxy) is 2. The Morgan fingerprint density at radius 1 is 1.22 bits per heavy atom. The quantitative estimate of drug-likeness (QED) is 0.806. The zero-order valence-corrected chi connectivity index (χ0v) is 11.6. The van der Waals surface area contributed by atoms with E-state index in [1.54, 1.807) is 6.07 Å². The van der Waals surface area contributed by atoms with Crippen LogP contribution in [0.25, 0.3) is 0 Å². The van der Waals surface area contributed by atoms with Crippen LogP contribution in [0.4, 0.5) is 0 Å². The molecule has 1 rings (SSSR count). The van der Waals surface area contributed by atoms with Crippen molar-refractivity contribution < 1.29 is 22.7 Å². The Morgan fingerprint density at radius 2 is 1.83 bits per heavy atom. The van der Waals surface area contributed by atoms with Gasteiger partial charge in [-0.1, -0.05) is 0 Å². The van der Waals surface area contributed by atoms with Crippen molar-refractivity contribution in [1.29, 1.82) is 0 Å². The van der Waals surface area contributed by atoms with Gasteiger partial charge in [0, 0.05) is 24.3 Å². The predicted octanol–water partition coefficient (Wildman–Crippen LogP) is 1.24. The summed E-state index contributed by atoms with van der Waals surface area (Å²) in [6.07, 6.45) is 1.19. The molecule has 0 aromatic heterocycles. The summed E-state index contributed by atoms with van der Waals surface area (Å²) >= 11 is 0. The summed E-state index contributed by atoms with van der Waals surface area (Å²) in [6.45, 7) is 1.43. The van der Waals surface area contributed by atoms with E-state index in [2.05, 4.69) is 0 Å². The number of carbonyl (C=O) groups is 1. The largest absolute Gasteiger partial charge is 0.497 e. The molecule has 0 radical (unpaired) electrons.